The van der Waals surface area contributed by atoms with Gasteiger partial charge in [-0.05, 0) is 38.1 Å². The van der Waals surface area contributed by atoms with Gasteiger partial charge in [-0.15, -0.1) is 0 Å². The van der Waals surface area contributed by atoms with E-state index in [9.17, 15) is 9.59 Å². The molecule has 0 saturated carbocycles. The molecule has 2 aromatic heterocycles. The van der Waals surface area contributed by atoms with Gasteiger partial charge in [-0.3, -0.25) is 4.79 Å². The fourth-order valence-electron chi connectivity index (χ4n) is 2.32. The topological polar surface area (TPSA) is 83.6 Å². The number of imidazole rings is 1. The smallest absolute Gasteiger partial charge is 0.343 e. The first-order valence-corrected chi connectivity index (χ1v) is 9.61. The molecule has 1 aromatic carbocycles. The van der Waals surface area contributed by atoms with Gasteiger partial charge in [-0.2, -0.15) is 0 Å². The Kier molecular flexibility index (Phi) is 6.20. The Morgan fingerprint density at radius 3 is 2.64 bits per heavy atom. The van der Waals surface area contributed by atoms with E-state index in [1.165, 1.54) is 17.8 Å². The van der Waals surface area contributed by atoms with E-state index in [1.54, 1.807) is 30.5 Å². The summed E-state index contributed by atoms with van der Waals surface area (Å²) in [4.78, 5) is 28.7. The van der Waals surface area contributed by atoms with Crippen molar-refractivity contribution in [2.45, 2.75) is 30.9 Å². The van der Waals surface area contributed by atoms with Crippen LogP contribution in [-0.2, 0) is 12.8 Å². The SMILES string of the molecule is CC(C)Oc1ccc(C(=O)Oc2coc(CSc3nccn3C)cc2=O)cc1. The van der Waals surface area contributed by atoms with Crippen molar-refractivity contribution in [3.05, 3.63) is 70.5 Å². The highest BCUT2D eigenvalue weighted by Gasteiger charge is 2.13. The summed E-state index contributed by atoms with van der Waals surface area (Å²) < 4.78 is 18.0. The summed E-state index contributed by atoms with van der Waals surface area (Å²) in [6.45, 7) is 3.83. The highest BCUT2D eigenvalue weighted by molar-refractivity contribution is 7.98. The minimum Gasteiger partial charge on any atom is -0.491 e. The Morgan fingerprint density at radius 1 is 1.29 bits per heavy atom. The zero-order valence-corrected chi connectivity index (χ0v) is 16.6. The van der Waals surface area contributed by atoms with Gasteiger partial charge in [0.1, 0.15) is 17.8 Å². The van der Waals surface area contributed by atoms with Crippen molar-refractivity contribution in [3.8, 4) is 11.5 Å². The second-order valence-corrected chi connectivity index (χ2v) is 7.21. The first kappa shape index (κ1) is 19.8. The third-order valence-electron chi connectivity index (χ3n) is 3.64. The lowest BCUT2D eigenvalue weighted by atomic mass is 10.2. The average molecular weight is 400 g/mol. The zero-order valence-electron chi connectivity index (χ0n) is 15.7. The highest BCUT2D eigenvalue weighted by atomic mass is 32.2. The van der Waals surface area contributed by atoms with Crippen molar-refractivity contribution >= 4 is 17.7 Å². The van der Waals surface area contributed by atoms with Crippen molar-refractivity contribution in [2.75, 3.05) is 0 Å². The molecule has 0 saturated heterocycles. The standard InChI is InChI=1S/C20H20N2O5S/c1-13(2)26-15-6-4-14(5-7-15)19(24)27-18-11-25-16(10-17(18)23)12-28-20-21-8-9-22(20)3/h4-11,13H,12H2,1-3H3. The van der Waals surface area contributed by atoms with Crippen LogP contribution < -0.4 is 14.9 Å². The minimum atomic E-state index is -0.640. The molecule has 28 heavy (non-hydrogen) atoms. The van der Waals surface area contributed by atoms with Crippen LogP contribution in [0.4, 0.5) is 0 Å². The van der Waals surface area contributed by atoms with Crippen molar-refractivity contribution in [2.24, 2.45) is 7.05 Å². The Labute approximate surface area is 166 Å². The molecule has 0 radical (unpaired) electrons. The van der Waals surface area contributed by atoms with Gasteiger partial charge >= 0.3 is 5.97 Å². The summed E-state index contributed by atoms with van der Waals surface area (Å²) in [6, 6.07) is 7.84. The van der Waals surface area contributed by atoms with Crippen LogP contribution in [0.25, 0.3) is 0 Å². The molecule has 3 rings (SSSR count). The molecular formula is C20H20N2O5S. The fourth-order valence-corrected chi connectivity index (χ4v) is 3.14. The number of ether oxygens (including phenoxy) is 2. The van der Waals surface area contributed by atoms with Crippen molar-refractivity contribution in [1.82, 2.24) is 9.55 Å². The first-order valence-electron chi connectivity index (χ1n) is 8.63. The van der Waals surface area contributed by atoms with Gasteiger partial charge in [0.25, 0.3) is 0 Å². The van der Waals surface area contributed by atoms with Crippen molar-refractivity contribution < 1.29 is 18.7 Å². The second-order valence-electron chi connectivity index (χ2n) is 6.26. The Bertz CT molecular complexity index is 1010. The highest BCUT2D eigenvalue weighted by Crippen LogP contribution is 2.21. The maximum Gasteiger partial charge on any atom is 0.343 e. The number of aromatic nitrogens is 2. The third kappa shape index (κ3) is 5.04. The Hall–Kier alpha value is -3.00. The number of hydrogen-bond acceptors (Lipinski definition) is 7. The molecule has 0 spiro atoms. The number of benzene rings is 1. The number of esters is 1. The number of rotatable bonds is 7. The largest absolute Gasteiger partial charge is 0.491 e. The molecule has 0 aliphatic heterocycles. The molecular weight excluding hydrogens is 380 g/mol. The molecule has 7 nitrogen and oxygen atoms in total. The average Bonchev–Trinajstić information content (AvgIpc) is 3.07. The summed E-state index contributed by atoms with van der Waals surface area (Å²) in [6.07, 6.45) is 4.73. The number of thioether (sulfide) groups is 1. The van der Waals surface area contributed by atoms with E-state index in [1.807, 2.05) is 31.7 Å². The summed E-state index contributed by atoms with van der Waals surface area (Å²) in [7, 11) is 1.88. The second kappa shape index (κ2) is 8.79. The molecule has 0 amide bonds. The first-order chi connectivity index (χ1) is 13.4. The minimum absolute atomic E-state index is 0.0384. The van der Waals surface area contributed by atoms with Gasteiger partial charge < -0.3 is 18.5 Å². The molecule has 0 aliphatic rings. The molecule has 146 valence electrons. The summed E-state index contributed by atoms with van der Waals surface area (Å²) >= 11 is 1.44. The monoisotopic (exact) mass is 400 g/mol. The molecule has 0 unspecified atom stereocenters. The lowest BCUT2D eigenvalue weighted by Gasteiger charge is -2.10. The predicted octanol–water partition coefficient (Wildman–Crippen LogP) is 3.67. The van der Waals surface area contributed by atoms with E-state index < -0.39 is 11.4 Å². The van der Waals surface area contributed by atoms with E-state index in [2.05, 4.69) is 4.98 Å². The molecule has 0 N–H and O–H groups in total. The summed E-state index contributed by atoms with van der Waals surface area (Å²) in [5, 5.41) is 0.808. The van der Waals surface area contributed by atoms with Crippen LogP contribution in [-0.4, -0.2) is 21.6 Å². The number of carbonyl (C=O) groups excluding carboxylic acids is 1. The third-order valence-corrected chi connectivity index (χ3v) is 4.72. The number of hydrogen-bond donors (Lipinski definition) is 0. The van der Waals surface area contributed by atoms with Gasteiger partial charge in [0.2, 0.25) is 11.2 Å². The van der Waals surface area contributed by atoms with Crippen LogP contribution in [0.15, 0.2) is 63.4 Å². The van der Waals surface area contributed by atoms with Crippen LogP contribution in [0.3, 0.4) is 0 Å². The van der Waals surface area contributed by atoms with Gasteiger partial charge in [-0.1, -0.05) is 11.8 Å². The van der Waals surface area contributed by atoms with E-state index in [4.69, 9.17) is 13.9 Å². The fraction of sp³-hybridized carbons (Fsp3) is 0.250. The van der Waals surface area contributed by atoms with Crippen LogP contribution >= 0.6 is 11.8 Å². The molecule has 8 heteroatoms. The van der Waals surface area contributed by atoms with Crippen LogP contribution in [0, 0.1) is 0 Å². The Balaban J connectivity index is 1.63. The van der Waals surface area contributed by atoms with Crippen LogP contribution in [0.2, 0.25) is 0 Å². The molecule has 0 bridgehead atoms. The van der Waals surface area contributed by atoms with E-state index >= 15 is 0 Å². The molecule has 3 aromatic rings. The maximum atomic E-state index is 12.2. The van der Waals surface area contributed by atoms with Crippen LogP contribution in [0.1, 0.15) is 30.0 Å². The van der Waals surface area contributed by atoms with E-state index in [0.29, 0.717) is 22.8 Å². The number of nitrogens with zero attached hydrogens (tertiary/aromatic N) is 2. The normalized spacial score (nSPS) is 10.9. The van der Waals surface area contributed by atoms with E-state index in [-0.39, 0.29) is 11.9 Å². The Morgan fingerprint density at radius 2 is 2.04 bits per heavy atom. The van der Waals surface area contributed by atoms with Crippen molar-refractivity contribution in [1.29, 1.82) is 0 Å². The van der Waals surface area contributed by atoms with Gasteiger partial charge in [0.05, 0.1) is 17.4 Å². The molecule has 0 aliphatic carbocycles. The van der Waals surface area contributed by atoms with Gasteiger partial charge in [0, 0.05) is 25.5 Å². The lowest BCUT2D eigenvalue weighted by molar-refractivity contribution is 0.0728. The van der Waals surface area contributed by atoms with Crippen molar-refractivity contribution in [3.63, 3.8) is 0 Å². The maximum absolute atomic E-state index is 12.2. The van der Waals surface area contributed by atoms with Gasteiger partial charge in [0.15, 0.2) is 5.16 Å². The summed E-state index contributed by atoms with van der Waals surface area (Å²) in [5.74, 6) is 0.761. The lowest BCUT2D eigenvalue weighted by Crippen LogP contribution is -2.14. The zero-order chi connectivity index (χ0) is 20.1. The summed E-state index contributed by atoms with van der Waals surface area (Å²) in [5.41, 5.74) is -0.111. The van der Waals surface area contributed by atoms with E-state index in [0.717, 1.165) is 11.4 Å². The van der Waals surface area contributed by atoms with Crippen LogP contribution in [0.5, 0.6) is 11.5 Å². The molecule has 0 fully saturated rings. The molecule has 2 heterocycles. The number of carbonyl (C=O) groups is 1. The number of aryl methyl sites for hydroxylation is 1. The predicted molar refractivity (Wildman–Crippen MR) is 105 cm³/mol. The molecule has 0 atom stereocenters. The quantitative estimate of drug-likeness (QED) is 0.442. The van der Waals surface area contributed by atoms with Gasteiger partial charge in [-0.25, -0.2) is 9.78 Å².